The molecule has 1 aromatic carbocycles. The standard InChI is InChI=1S/C13H17N3O3/c17-13(10-15-8-2-1-3-9-15)14-11-4-6-12(7-5-11)16(18)19/h4-7H,1-3,8-10H2,(H,14,17). The van der Waals surface area contributed by atoms with Crippen LogP contribution in [0.15, 0.2) is 24.3 Å². The monoisotopic (exact) mass is 263 g/mol. The summed E-state index contributed by atoms with van der Waals surface area (Å²) in [5, 5.41) is 13.3. The van der Waals surface area contributed by atoms with Gasteiger partial charge in [0, 0.05) is 17.8 Å². The molecule has 1 saturated heterocycles. The van der Waals surface area contributed by atoms with E-state index in [4.69, 9.17) is 0 Å². The number of nitro benzene ring substituents is 1. The van der Waals surface area contributed by atoms with Gasteiger partial charge in [-0.15, -0.1) is 0 Å². The van der Waals surface area contributed by atoms with Crippen LogP contribution in [0.25, 0.3) is 0 Å². The molecular weight excluding hydrogens is 246 g/mol. The molecule has 0 radical (unpaired) electrons. The number of likely N-dealkylation sites (tertiary alicyclic amines) is 1. The number of nitrogens with zero attached hydrogens (tertiary/aromatic N) is 2. The summed E-state index contributed by atoms with van der Waals surface area (Å²) in [6.45, 7) is 2.32. The van der Waals surface area contributed by atoms with Gasteiger partial charge in [0.15, 0.2) is 0 Å². The number of amides is 1. The second-order valence-electron chi connectivity index (χ2n) is 4.69. The molecule has 0 atom stereocenters. The highest BCUT2D eigenvalue weighted by atomic mass is 16.6. The number of hydrogen-bond acceptors (Lipinski definition) is 4. The zero-order valence-corrected chi connectivity index (χ0v) is 10.7. The van der Waals surface area contributed by atoms with Gasteiger partial charge in [0.2, 0.25) is 5.91 Å². The van der Waals surface area contributed by atoms with Crippen LogP contribution in [0.5, 0.6) is 0 Å². The lowest BCUT2D eigenvalue weighted by molar-refractivity contribution is -0.384. The van der Waals surface area contributed by atoms with Crippen LogP contribution in [0, 0.1) is 10.1 Å². The third-order valence-corrected chi connectivity index (χ3v) is 3.18. The first kappa shape index (κ1) is 13.5. The molecule has 19 heavy (non-hydrogen) atoms. The maximum absolute atomic E-state index is 11.8. The minimum Gasteiger partial charge on any atom is -0.325 e. The molecule has 1 fully saturated rings. The molecule has 102 valence electrons. The van der Waals surface area contributed by atoms with Crippen molar-refractivity contribution in [2.45, 2.75) is 19.3 Å². The summed E-state index contributed by atoms with van der Waals surface area (Å²) < 4.78 is 0. The van der Waals surface area contributed by atoms with Crippen molar-refractivity contribution in [1.29, 1.82) is 0 Å². The molecule has 0 bridgehead atoms. The molecule has 0 saturated carbocycles. The van der Waals surface area contributed by atoms with Gasteiger partial charge in [0.1, 0.15) is 0 Å². The first-order valence-electron chi connectivity index (χ1n) is 6.42. The van der Waals surface area contributed by atoms with Crippen molar-refractivity contribution in [3.8, 4) is 0 Å². The quantitative estimate of drug-likeness (QED) is 0.666. The topological polar surface area (TPSA) is 75.5 Å². The van der Waals surface area contributed by atoms with Crippen LogP contribution in [-0.4, -0.2) is 35.4 Å². The highest BCUT2D eigenvalue weighted by Gasteiger charge is 2.14. The maximum atomic E-state index is 11.8. The van der Waals surface area contributed by atoms with E-state index < -0.39 is 4.92 Å². The van der Waals surface area contributed by atoms with Gasteiger partial charge in [-0.2, -0.15) is 0 Å². The molecule has 0 spiro atoms. The summed E-state index contributed by atoms with van der Waals surface area (Å²) in [5.74, 6) is -0.0734. The van der Waals surface area contributed by atoms with Crippen molar-refractivity contribution in [2.75, 3.05) is 25.0 Å². The molecule has 1 aromatic rings. The lowest BCUT2D eigenvalue weighted by atomic mass is 10.1. The average molecular weight is 263 g/mol. The Morgan fingerprint density at radius 1 is 1.21 bits per heavy atom. The number of anilines is 1. The number of carbonyl (C=O) groups excluding carboxylic acids is 1. The maximum Gasteiger partial charge on any atom is 0.269 e. The third kappa shape index (κ3) is 4.03. The predicted molar refractivity (Wildman–Crippen MR) is 72.0 cm³/mol. The molecular formula is C13H17N3O3. The highest BCUT2D eigenvalue weighted by molar-refractivity contribution is 5.92. The molecule has 1 aliphatic rings. The van der Waals surface area contributed by atoms with E-state index in [2.05, 4.69) is 10.2 Å². The molecule has 0 aromatic heterocycles. The first-order valence-corrected chi connectivity index (χ1v) is 6.42. The fourth-order valence-corrected chi connectivity index (χ4v) is 2.19. The average Bonchev–Trinajstić information content (AvgIpc) is 2.40. The van der Waals surface area contributed by atoms with Crippen LogP contribution in [0.3, 0.4) is 0 Å². The van der Waals surface area contributed by atoms with Gasteiger partial charge >= 0.3 is 0 Å². The number of benzene rings is 1. The first-order chi connectivity index (χ1) is 9.15. The zero-order valence-electron chi connectivity index (χ0n) is 10.7. The second kappa shape index (κ2) is 6.29. The third-order valence-electron chi connectivity index (χ3n) is 3.18. The fraction of sp³-hybridized carbons (Fsp3) is 0.462. The summed E-state index contributed by atoms with van der Waals surface area (Å²) in [6.07, 6.45) is 3.52. The number of hydrogen-bond donors (Lipinski definition) is 1. The van der Waals surface area contributed by atoms with Crippen molar-refractivity contribution in [1.82, 2.24) is 4.90 Å². The van der Waals surface area contributed by atoms with Gasteiger partial charge in [0.05, 0.1) is 11.5 Å². The van der Waals surface area contributed by atoms with Gasteiger partial charge in [-0.3, -0.25) is 19.8 Å². The smallest absolute Gasteiger partial charge is 0.269 e. The minimum atomic E-state index is -0.459. The second-order valence-corrected chi connectivity index (χ2v) is 4.69. The summed E-state index contributed by atoms with van der Waals surface area (Å²) >= 11 is 0. The van der Waals surface area contributed by atoms with Crippen molar-refractivity contribution in [3.63, 3.8) is 0 Å². The normalized spacial score (nSPS) is 16.0. The Hall–Kier alpha value is -1.95. The lowest BCUT2D eigenvalue weighted by Crippen LogP contribution is -2.36. The Labute approximate surface area is 111 Å². The molecule has 1 amide bonds. The van der Waals surface area contributed by atoms with E-state index in [1.165, 1.54) is 18.6 Å². The van der Waals surface area contributed by atoms with Crippen LogP contribution in [-0.2, 0) is 4.79 Å². The van der Waals surface area contributed by atoms with Gasteiger partial charge in [-0.25, -0.2) is 0 Å². The molecule has 1 aliphatic heterocycles. The van der Waals surface area contributed by atoms with E-state index in [0.717, 1.165) is 25.9 Å². The Bertz CT molecular complexity index is 453. The predicted octanol–water partition coefficient (Wildman–Crippen LogP) is 2.02. The van der Waals surface area contributed by atoms with E-state index in [0.29, 0.717) is 12.2 Å². The van der Waals surface area contributed by atoms with E-state index in [1.54, 1.807) is 12.1 Å². The molecule has 1 heterocycles. The number of non-ortho nitro benzene ring substituents is 1. The number of nitrogens with one attached hydrogen (secondary N) is 1. The molecule has 1 N–H and O–H groups in total. The SMILES string of the molecule is O=C(CN1CCCCC1)Nc1ccc([N+](=O)[O-])cc1. The van der Waals surface area contributed by atoms with Crippen molar-refractivity contribution in [3.05, 3.63) is 34.4 Å². The molecule has 0 unspecified atom stereocenters. The molecule has 6 heteroatoms. The summed E-state index contributed by atoms with van der Waals surface area (Å²) in [6, 6.07) is 5.87. The van der Waals surface area contributed by atoms with E-state index >= 15 is 0 Å². The van der Waals surface area contributed by atoms with E-state index in [9.17, 15) is 14.9 Å². The van der Waals surface area contributed by atoms with Gasteiger partial charge < -0.3 is 5.32 Å². The molecule has 6 nitrogen and oxygen atoms in total. The van der Waals surface area contributed by atoms with E-state index in [-0.39, 0.29) is 11.6 Å². The van der Waals surface area contributed by atoms with Gasteiger partial charge in [-0.1, -0.05) is 6.42 Å². The van der Waals surface area contributed by atoms with Crippen LogP contribution < -0.4 is 5.32 Å². The van der Waals surface area contributed by atoms with Gasteiger partial charge in [-0.05, 0) is 38.1 Å². The minimum absolute atomic E-state index is 0.0222. The Balaban J connectivity index is 1.85. The van der Waals surface area contributed by atoms with E-state index in [1.807, 2.05) is 0 Å². The van der Waals surface area contributed by atoms with Crippen LogP contribution in [0.2, 0.25) is 0 Å². The molecule has 2 rings (SSSR count). The summed E-state index contributed by atoms with van der Waals surface area (Å²) in [7, 11) is 0. The molecule has 0 aliphatic carbocycles. The largest absolute Gasteiger partial charge is 0.325 e. The number of piperidine rings is 1. The van der Waals surface area contributed by atoms with Gasteiger partial charge in [0.25, 0.3) is 5.69 Å². The number of carbonyl (C=O) groups is 1. The highest BCUT2D eigenvalue weighted by Crippen LogP contribution is 2.15. The van der Waals surface area contributed by atoms with Crippen molar-refractivity contribution >= 4 is 17.3 Å². The zero-order chi connectivity index (χ0) is 13.7. The number of rotatable bonds is 4. The Morgan fingerprint density at radius 3 is 2.42 bits per heavy atom. The fourth-order valence-electron chi connectivity index (χ4n) is 2.19. The lowest BCUT2D eigenvalue weighted by Gasteiger charge is -2.25. The Morgan fingerprint density at radius 2 is 1.84 bits per heavy atom. The van der Waals surface area contributed by atoms with Crippen molar-refractivity contribution < 1.29 is 9.72 Å². The Kier molecular flexibility index (Phi) is 4.46. The van der Waals surface area contributed by atoms with Crippen LogP contribution >= 0.6 is 0 Å². The summed E-state index contributed by atoms with van der Waals surface area (Å²) in [4.78, 5) is 24.0. The summed E-state index contributed by atoms with van der Waals surface area (Å²) in [5.41, 5.74) is 0.613. The van der Waals surface area contributed by atoms with Crippen molar-refractivity contribution in [2.24, 2.45) is 0 Å². The van der Waals surface area contributed by atoms with Crippen LogP contribution in [0.1, 0.15) is 19.3 Å². The van der Waals surface area contributed by atoms with Crippen LogP contribution in [0.4, 0.5) is 11.4 Å². The number of nitro groups is 1.